The molecule has 0 bridgehead atoms. The van der Waals surface area contributed by atoms with Crippen LogP contribution in [0.15, 0.2) is 0 Å². The molecule has 3 atom stereocenters. The van der Waals surface area contributed by atoms with Gasteiger partial charge in [0.25, 0.3) is 0 Å². The molecule has 1 amide bonds. The molecule has 3 rings (SSSR count). The molecule has 1 N–H and O–H groups in total. The summed E-state index contributed by atoms with van der Waals surface area (Å²) in [4.78, 5) is 14.6. The molecule has 0 radical (unpaired) electrons. The van der Waals surface area contributed by atoms with Crippen LogP contribution in [0.2, 0.25) is 0 Å². The predicted molar refractivity (Wildman–Crippen MR) is 85.5 cm³/mol. The van der Waals surface area contributed by atoms with Gasteiger partial charge in [0.15, 0.2) is 0 Å². The Morgan fingerprint density at radius 2 is 1.68 bits per heavy atom. The second-order valence-corrected chi connectivity index (χ2v) is 7.38. The van der Waals surface area contributed by atoms with Crippen LogP contribution < -0.4 is 0 Å². The van der Waals surface area contributed by atoms with Crippen LogP contribution in [0, 0.1) is 5.92 Å². The summed E-state index contributed by atoms with van der Waals surface area (Å²) in [7, 11) is 0. The number of likely N-dealkylation sites (tertiary alicyclic amines) is 1. The summed E-state index contributed by atoms with van der Waals surface area (Å²) in [5, 5.41) is 10.3. The van der Waals surface area contributed by atoms with E-state index in [2.05, 4.69) is 0 Å². The van der Waals surface area contributed by atoms with Crippen LogP contribution in [0.5, 0.6) is 0 Å². The molecule has 1 heterocycles. The van der Waals surface area contributed by atoms with Gasteiger partial charge < -0.3 is 14.7 Å². The maximum absolute atomic E-state index is 12.6. The molecule has 0 spiro atoms. The summed E-state index contributed by atoms with van der Waals surface area (Å²) in [6.07, 6.45) is 12.5. The predicted octanol–water partition coefficient (Wildman–Crippen LogP) is 2.88. The zero-order valence-electron chi connectivity index (χ0n) is 13.7. The molecule has 1 saturated heterocycles. The van der Waals surface area contributed by atoms with Gasteiger partial charge in [0, 0.05) is 18.5 Å². The van der Waals surface area contributed by atoms with E-state index < -0.39 is 0 Å². The fraction of sp³-hybridized carbons (Fsp3) is 0.944. The van der Waals surface area contributed by atoms with Crippen molar-refractivity contribution in [3.63, 3.8) is 0 Å². The molecule has 0 aromatic heterocycles. The maximum atomic E-state index is 12.6. The molecule has 2 saturated carbocycles. The van der Waals surface area contributed by atoms with Gasteiger partial charge in [0.05, 0.1) is 12.2 Å². The van der Waals surface area contributed by atoms with Crippen LogP contribution in [-0.4, -0.2) is 47.3 Å². The van der Waals surface area contributed by atoms with Crippen LogP contribution in [0.1, 0.15) is 70.6 Å². The van der Waals surface area contributed by atoms with E-state index >= 15 is 0 Å². The Bertz CT molecular complexity index is 367. The number of hydrogen-bond acceptors (Lipinski definition) is 3. The summed E-state index contributed by atoms with van der Waals surface area (Å²) in [5.74, 6) is 0.431. The van der Waals surface area contributed by atoms with E-state index in [-0.39, 0.29) is 30.6 Å². The van der Waals surface area contributed by atoms with E-state index in [4.69, 9.17) is 4.74 Å². The van der Waals surface area contributed by atoms with Crippen molar-refractivity contribution in [3.8, 4) is 0 Å². The molecule has 4 heteroatoms. The van der Waals surface area contributed by atoms with Crippen molar-refractivity contribution in [3.05, 3.63) is 0 Å². The lowest BCUT2D eigenvalue weighted by molar-refractivity contribution is -0.141. The third-order valence-electron chi connectivity index (χ3n) is 5.89. The summed E-state index contributed by atoms with van der Waals surface area (Å²) < 4.78 is 5.87. The Morgan fingerprint density at radius 1 is 0.955 bits per heavy atom. The van der Waals surface area contributed by atoms with Crippen LogP contribution in [0.25, 0.3) is 0 Å². The molecule has 3 aliphatic rings. The minimum absolute atomic E-state index is 0.144. The summed E-state index contributed by atoms with van der Waals surface area (Å²) in [6.45, 7) is 1.09. The molecule has 1 aliphatic heterocycles. The number of ether oxygens (including phenoxy) is 1. The van der Waals surface area contributed by atoms with E-state index in [0.29, 0.717) is 6.10 Å². The van der Waals surface area contributed by atoms with Gasteiger partial charge in [0.1, 0.15) is 6.61 Å². The first-order valence-corrected chi connectivity index (χ1v) is 9.35. The van der Waals surface area contributed by atoms with Crippen molar-refractivity contribution in [1.82, 2.24) is 4.90 Å². The first-order chi connectivity index (χ1) is 10.8. The van der Waals surface area contributed by atoms with E-state index in [1.54, 1.807) is 0 Å². The molecular formula is C18H31NO3. The molecule has 0 aromatic rings. The van der Waals surface area contributed by atoms with Crippen LogP contribution in [-0.2, 0) is 9.53 Å². The molecule has 0 aromatic carbocycles. The lowest BCUT2D eigenvalue weighted by Gasteiger charge is -2.37. The third-order valence-corrected chi connectivity index (χ3v) is 5.89. The molecule has 3 fully saturated rings. The lowest BCUT2D eigenvalue weighted by Crippen LogP contribution is -2.46. The Hall–Kier alpha value is -0.610. The average Bonchev–Trinajstić information content (AvgIpc) is 3.03. The number of aliphatic hydroxyl groups is 1. The van der Waals surface area contributed by atoms with Crippen molar-refractivity contribution >= 4 is 5.91 Å². The standard InChI is InChI=1S/C18H31NO3/c20-17-11-5-4-9-15(17)16-10-6-12-19(16)18(21)13-22-14-7-2-1-3-8-14/h14-17,20H,1-13H2/t15-,16-,17+/m1/s1. The van der Waals surface area contributed by atoms with E-state index in [9.17, 15) is 9.90 Å². The zero-order valence-corrected chi connectivity index (χ0v) is 13.7. The Labute approximate surface area is 134 Å². The number of hydrogen-bond donors (Lipinski definition) is 1. The molecular weight excluding hydrogens is 278 g/mol. The van der Waals surface area contributed by atoms with Gasteiger partial charge in [-0.15, -0.1) is 0 Å². The number of nitrogens with zero attached hydrogens (tertiary/aromatic N) is 1. The molecule has 4 nitrogen and oxygen atoms in total. The summed E-state index contributed by atoms with van der Waals surface area (Å²) in [5.41, 5.74) is 0. The van der Waals surface area contributed by atoms with Gasteiger partial charge in [-0.3, -0.25) is 4.79 Å². The van der Waals surface area contributed by atoms with Gasteiger partial charge in [-0.25, -0.2) is 0 Å². The quantitative estimate of drug-likeness (QED) is 0.869. The van der Waals surface area contributed by atoms with Gasteiger partial charge in [-0.2, -0.15) is 0 Å². The summed E-state index contributed by atoms with van der Waals surface area (Å²) in [6, 6.07) is 0.248. The Morgan fingerprint density at radius 3 is 2.45 bits per heavy atom. The van der Waals surface area contributed by atoms with E-state index in [0.717, 1.165) is 51.5 Å². The van der Waals surface area contributed by atoms with Gasteiger partial charge in [-0.1, -0.05) is 32.1 Å². The highest BCUT2D eigenvalue weighted by Crippen LogP contribution is 2.34. The highest BCUT2D eigenvalue weighted by Gasteiger charge is 2.38. The number of rotatable bonds is 4. The lowest BCUT2D eigenvalue weighted by atomic mass is 9.80. The number of aliphatic hydroxyl groups excluding tert-OH is 1. The van der Waals surface area contributed by atoms with E-state index in [1.807, 2.05) is 4.90 Å². The highest BCUT2D eigenvalue weighted by molar-refractivity contribution is 5.78. The minimum atomic E-state index is -0.216. The molecule has 126 valence electrons. The number of amides is 1. The second-order valence-electron chi connectivity index (χ2n) is 7.38. The molecule has 0 unspecified atom stereocenters. The smallest absolute Gasteiger partial charge is 0.248 e. The first-order valence-electron chi connectivity index (χ1n) is 9.35. The van der Waals surface area contributed by atoms with Crippen molar-refractivity contribution in [2.75, 3.05) is 13.2 Å². The fourth-order valence-corrected chi connectivity index (χ4v) is 4.64. The van der Waals surface area contributed by atoms with Crippen molar-refractivity contribution in [1.29, 1.82) is 0 Å². The Kier molecular flexibility index (Phi) is 5.75. The number of carbonyl (C=O) groups is 1. The van der Waals surface area contributed by atoms with Crippen molar-refractivity contribution < 1.29 is 14.6 Å². The highest BCUT2D eigenvalue weighted by atomic mass is 16.5. The molecule has 22 heavy (non-hydrogen) atoms. The number of carbonyl (C=O) groups excluding carboxylic acids is 1. The summed E-state index contributed by atoms with van der Waals surface area (Å²) >= 11 is 0. The second kappa shape index (κ2) is 7.78. The fourth-order valence-electron chi connectivity index (χ4n) is 4.64. The topological polar surface area (TPSA) is 49.8 Å². The van der Waals surface area contributed by atoms with Gasteiger partial charge >= 0.3 is 0 Å². The van der Waals surface area contributed by atoms with Crippen molar-refractivity contribution in [2.24, 2.45) is 5.92 Å². The Balaban J connectivity index is 1.51. The SMILES string of the molecule is O=C(COC1CCCCC1)N1CCC[C@@H]1[C@H]1CCCC[C@@H]1O. The largest absolute Gasteiger partial charge is 0.393 e. The van der Waals surface area contributed by atoms with Crippen LogP contribution in [0.4, 0.5) is 0 Å². The van der Waals surface area contributed by atoms with Crippen LogP contribution in [0.3, 0.4) is 0 Å². The van der Waals surface area contributed by atoms with Gasteiger partial charge in [-0.05, 0) is 38.5 Å². The molecule has 2 aliphatic carbocycles. The first kappa shape index (κ1) is 16.3. The third kappa shape index (κ3) is 3.83. The normalized spacial score (nSPS) is 34.0. The monoisotopic (exact) mass is 309 g/mol. The van der Waals surface area contributed by atoms with E-state index in [1.165, 1.54) is 25.7 Å². The maximum Gasteiger partial charge on any atom is 0.248 e. The van der Waals surface area contributed by atoms with Gasteiger partial charge in [0.2, 0.25) is 5.91 Å². The zero-order chi connectivity index (χ0) is 15.4. The van der Waals surface area contributed by atoms with Crippen molar-refractivity contribution in [2.45, 2.75) is 88.9 Å². The average molecular weight is 309 g/mol. The minimum Gasteiger partial charge on any atom is -0.393 e. The van der Waals surface area contributed by atoms with Crippen LogP contribution >= 0.6 is 0 Å².